The average molecular weight is 454 g/mol. The number of carbonyl (C=O) groups excluding carboxylic acids is 2. The minimum absolute atomic E-state index is 0.112. The molecule has 4 rings (SSSR count). The SMILES string of the molecule is CCN(CC(=O)N1c2ccccc2NC(=O)C[C@H]1C)Cc1nc2cc(Cl)ccc2c(=O)[nH]1. The number of hydrogen-bond acceptors (Lipinski definition) is 5. The molecule has 0 bridgehead atoms. The number of benzene rings is 2. The number of para-hydroxylation sites is 2. The lowest BCUT2D eigenvalue weighted by atomic mass is 10.1. The largest absolute Gasteiger partial charge is 0.324 e. The first kappa shape index (κ1) is 22.0. The first-order chi connectivity index (χ1) is 15.4. The third kappa shape index (κ3) is 4.51. The van der Waals surface area contributed by atoms with Crippen LogP contribution in [0.1, 0.15) is 26.1 Å². The van der Waals surface area contributed by atoms with Crippen LogP contribution in [0.5, 0.6) is 0 Å². The number of aromatic nitrogens is 2. The van der Waals surface area contributed by atoms with Crippen molar-refractivity contribution in [1.82, 2.24) is 14.9 Å². The lowest BCUT2D eigenvalue weighted by molar-refractivity contribution is -0.120. The van der Waals surface area contributed by atoms with Gasteiger partial charge < -0.3 is 15.2 Å². The molecule has 32 heavy (non-hydrogen) atoms. The van der Waals surface area contributed by atoms with E-state index >= 15 is 0 Å². The van der Waals surface area contributed by atoms with Crippen molar-refractivity contribution < 1.29 is 9.59 Å². The molecular weight excluding hydrogens is 430 g/mol. The van der Waals surface area contributed by atoms with E-state index in [4.69, 9.17) is 11.6 Å². The van der Waals surface area contributed by atoms with Crippen molar-refractivity contribution in [2.24, 2.45) is 0 Å². The number of H-pyrrole nitrogens is 1. The molecule has 1 aromatic heterocycles. The fourth-order valence-corrected chi connectivity index (χ4v) is 4.13. The van der Waals surface area contributed by atoms with Gasteiger partial charge in [0.1, 0.15) is 5.82 Å². The highest BCUT2D eigenvalue weighted by atomic mass is 35.5. The van der Waals surface area contributed by atoms with E-state index in [0.717, 1.165) is 0 Å². The van der Waals surface area contributed by atoms with Crippen molar-refractivity contribution in [3.8, 4) is 0 Å². The van der Waals surface area contributed by atoms with Crippen LogP contribution in [0.3, 0.4) is 0 Å². The van der Waals surface area contributed by atoms with Crippen molar-refractivity contribution in [1.29, 1.82) is 0 Å². The molecule has 2 heterocycles. The molecule has 0 saturated heterocycles. The van der Waals surface area contributed by atoms with Crippen molar-refractivity contribution in [2.75, 3.05) is 23.3 Å². The molecule has 166 valence electrons. The lowest BCUT2D eigenvalue weighted by Gasteiger charge is -2.30. The standard InChI is InChI=1S/C23H24ClN5O3/c1-3-28(12-20-25-18-11-15(24)8-9-16(18)23(32)27-20)13-22(31)29-14(2)10-21(30)26-17-6-4-5-7-19(17)29/h4-9,11,14H,3,10,12-13H2,1-2H3,(H,26,30)(H,25,27,32)/t14-/m1/s1. The van der Waals surface area contributed by atoms with Gasteiger partial charge in [0.15, 0.2) is 0 Å². The Morgan fingerprint density at radius 2 is 2.03 bits per heavy atom. The summed E-state index contributed by atoms with van der Waals surface area (Å²) in [6, 6.07) is 11.9. The first-order valence-electron chi connectivity index (χ1n) is 10.5. The van der Waals surface area contributed by atoms with Crippen LogP contribution < -0.4 is 15.8 Å². The monoisotopic (exact) mass is 453 g/mol. The zero-order valence-corrected chi connectivity index (χ0v) is 18.6. The minimum atomic E-state index is -0.286. The quantitative estimate of drug-likeness (QED) is 0.618. The fourth-order valence-electron chi connectivity index (χ4n) is 3.96. The van der Waals surface area contributed by atoms with Gasteiger partial charge in [-0.1, -0.05) is 30.7 Å². The van der Waals surface area contributed by atoms with Crippen molar-refractivity contribution >= 4 is 45.7 Å². The number of amides is 2. The predicted molar refractivity (Wildman–Crippen MR) is 125 cm³/mol. The number of rotatable bonds is 5. The molecule has 3 aromatic rings. The van der Waals surface area contributed by atoms with E-state index in [1.165, 1.54) is 0 Å². The molecule has 0 aliphatic carbocycles. The number of carbonyl (C=O) groups is 2. The van der Waals surface area contributed by atoms with Gasteiger partial charge in [-0.05, 0) is 43.8 Å². The molecule has 8 nitrogen and oxygen atoms in total. The van der Waals surface area contributed by atoms with E-state index in [-0.39, 0.29) is 36.4 Å². The Labute approximate surface area is 190 Å². The van der Waals surface area contributed by atoms with Crippen LogP contribution >= 0.6 is 11.6 Å². The Balaban J connectivity index is 1.57. The van der Waals surface area contributed by atoms with Crippen molar-refractivity contribution in [3.05, 3.63) is 63.7 Å². The second-order valence-corrected chi connectivity index (χ2v) is 8.30. The van der Waals surface area contributed by atoms with E-state index < -0.39 is 0 Å². The molecule has 2 N–H and O–H groups in total. The highest BCUT2D eigenvalue weighted by Crippen LogP contribution is 2.31. The number of halogens is 1. The smallest absolute Gasteiger partial charge is 0.258 e. The summed E-state index contributed by atoms with van der Waals surface area (Å²) in [6.07, 6.45) is 0.215. The molecule has 0 saturated carbocycles. The highest BCUT2D eigenvalue weighted by molar-refractivity contribution is 6.31. The van der Waals surface area contributed by atoms with Gasteiger partial charge in [-0.2, -0.15) is 0 Å². The average Bonchev–Trinajstić information content (AvgIpc) is 2.86. The third-order valence-electron chi connectivity index (χ3n) is 5.53. The van der Waals surface area contributed by atoms with E-state index in [2.05, 4.69) is 15.3 Å². The zero-order chi connectivity index (χ0) is 22.8. The van der Waals surface area contributed by atoms with Gasteiger partial charge in [0.05, 0.1) is 35.4 Å². The van der Waals surface area contributed by atoms with Crippen LogP contribution in [-0.4, -0.2) is 45.8 Å². The van der Waals surface area contributed by atoms with Gasteiger partial charge in [-0.15, -0.1) is 0 Å². The minimum Gasteiger partial charge on any atom is -0.324 e. The van der Waals surface area contributed by atoms with Crippen LogP contribution in [0, 0.1) is 0 Å². The van der Waals surface area contributed by atoms with Crippen LogP contribution in [0.4, 0.5) is 11.4 Å². The Morgan fingerprint density at radius 3 is 2.81 bits per heavy atom. The van der Waals surface area contributed by atoms with Gasteiger partial charge in [0, 0.05) is 17.5 Å². The van der Waals surface area contributed by atoms with Gasteiger partial charge in [-0.3, -0.25) is 19.3 Å². The highest BCUT2D eigenvalue weighted by Gasteiger charge is 2.30. The number of anilines is 2. The molecule has 2 amide bonds. The Hall–Kier alpha value is -3.23. The second-order valence-electron chi connectivity index (χ2n) is 7.86. The molecular formula is C23H24ClN5O3. The van der Waals surface area contributed by atoms with Gasteiger partial charge in [0.25, 0.3) is 5.56 Å². The number of nitrogens with zero attached hydrogens (tertiary/aromatic N) is 3. The Kier molecular flexibility index (Phi) is 6.25. The van der Waals surface area contributed by atoms with E-state index in [1.807, 2.05) is 36.9 Å². The number of hydrogen-bond donors (Lipinski definition) is 2. The zero-order valence-electron chi connectivity index (χ0n) is 17.9. The molecule has 9 heteroatoms. The molecule has 1 aliphatic heterocycles. The van der Waals surface area contributed by atoms with Gasteiger partial charge >= 0.3 is 0 Å². The van der Waals surface area contributed by atoms with Crippen LogP contribution in [0.2, 0.25) is 5.02 Å². The van der Waals surface area contributed by atoms with Crippen molar-refractivity contribution in [2.45, 2.75) is 32.9 Å². The van der Waals surface area contributed by atoms with Crippen LogP contribution in [-0.2, 0) is 16.1 Å². The maximum atomic E-state index is 13.3. The molecule has 1 aliphatic rings. The van der Waals surface area contributed by atoms with Crippen LogP contribution in [0.15, 0.2) is 47.3 Å². The topological polar surface area (TPSA) is 98.4 Å². The summed E-state index contributed by atoms with van der Waals surface area (Å²) in [5.74, 6) is 0.208. The second kappa shape index (κ2) is 9.10. The molecule has 2 aromatic carbocycles. The van der Waals surface area contributed by atoms with Gasteiger partial charge in [-0.25, -0.2) is 4.98 Å². The summed E-state index contributed by atoms with van der Waals surface area (Å²) in [5.41, 5.74) is 1.57. The first-order valence-corrected chi connectivity index (χ1v) is 10.8. The molecule has 0 radical (unpaired) electrons. The number of nitrogens with one attached hydrogen (secondary N) is 2. The molecule has 0 unspecified atom stereocenters. The Bertz CT molecular complexity index is 1240. The summed E-state index contributed by atoms with van der Waals surface area (Å²) in [5, 5.41) is 3.83. The van der Waals surface area contributed by atoms with Gasteiger partial charge in [0.2, 0.25) is 11.8 Å². The summed E-state index contributed by atoms with van der Waals surface area (Å²) in [7, 11) is 0. The molecule has 0 spiro atoms. The number of likely N-dealkylation sites (N-methyl/N-ethyl adjacent to an activating group) is 1. The van der Waals surface area contributed by atoms with Crippen molar-refractivity contribution in [3.63, 3.8) is 0 Å². The molecule has 1 atom stereocenters. The van der Waals surface area contributed by atoms with E-state index in [1.54, 1.807) is 29.2 Å². The van der Waals surface area contributed by atoms with E-state index in [9.17, 15) is 14.4 Å². The Morgan fingerprint density at radius 1 is 1.25 bits per heavy atom. The molecule has 0 fully saturated rings. The summed E-state index contributed by atoms with van der Waals surface area (Å²) < 4.78 is 0. The summed E-state index contributed by atoms with van der Waals surface area (Å²) in [6.45, 7) is 4.78. The van der Waals surface area contributed by atoms with E-state index in [0.29, 0.717) is 46.2 Å². The normalized spacial score (nSPS) is 16.1. The maximum absolute atomic E-state index is 13.3. The summed E-state index contributed by atoms with van der Waals surface area (Å²) >= 11 is 6.05. The van der Waals surface area contributed by atoms with Crippen LogP contribution in [0.25, 0.3) is 10.9 Å². The maximum Gasteiger partial charge on any atom is 0.258 e. The number of aromatic amines is 1. The number of fused-ring (bicyclic) bond motifs is 2. The lowest BCUT2D eigenvalue weighted by Crippen LogP contribution is -2.45. The predicted octanol–water partition coefficient (Wildman–Crippen LogP) is 3.16. The third-order valence-corrected chi connectivity index (χ3v) is 5.76. The fraction of sp³-hybridized carbons (Fsp3) is 0.304. The summed E-state index contributed by atoms with van der Waals surface area (Å²) in [4.78, 5) is 48.9.